The third-order valence-electron chi connectivity index (χ3n) is 4.19. The summed E-state index contributed by atoms with van der Waals surface area (Å²) in [7, 11) is 0. The topological polar surface area (TPSA) is 0 Å². The van der Waals surface area contributed by atoms with Crippen LogP contribution >= 0.6 is 0 Å². The lowest BCUT2D eigenvalue weighted by Gasteiger charge is -2.21. The van der Waals surface area contributed by atoms with Crippen LogP contribution in [0.2, 0.25) is 0 Å². The van der Waals surface area contributed by atoms with Crippen LogP contribution in [0.1, 0.15) is 106 Å². The van der Waals surface area contributed by atoms with Crippen LogP contribution < -0.4 is 0 Å². The van der Waals surface area contributed by atoms with Crippen molar-refractivity contribution in [3.05, 3.63) is 6.92 Å². The molecule has 0 fully saturated rings. The second-order valence-electron chi connectivity index (χ2n) is 9.12. The van der Waals surface area contributed by atoms with Crippen LogP contribution in [0.4, 0.5) is 0 Å². The zero-order valence-corrected chi connectivity index (χ0v) is 15.4. The summed E-state index contributed by atoms with van der Waals surface area (Å²) in [6, 6.07) is 0. The fourth-order valence-electron chi connectivity index (χ4n) is 2.90. The Hall–Kier alpha value is 0. The molecule has 0 amide bonds. The SMILES string of the molecule is [CH2]CCC(CCCCC(C)(C)C)CCCCC(C)(C)C. The van der Waals surface area contributed by atoms with Crippen molar-refractivity contribution in [1.29, 1.82) is 0 Å². The Bertz CT molecular complexity index is 191. The summed E-state index contributed by atoms with van der Waals surface area (Å²) in [6.45, 7) is 18.2. The summed E-state index contributed by atoms with van der Waals surface area (Å²) in [6.07, 6.45) is 13.7. The maximum Gasteiger partial charge on any atom is -0.0383 e. The zero-order valence-electron chi connectivity index (χ0n) is 15.4. The lowest BCUT2D eigenvalue weighted by atomic mass is 9.85. The van der Waals surface area contributed by atoms with Crippen molar-refractivity contribution in [3.63, 3.8) is 0 Å². The number of hydrogen-bond acceptors (Lipinski definition) is 0. The highest BCUT2D eigenvalue weighted by atomic mass is 14.2. The summed E-state index contributed by atoms with van der Waals surface area (Å²) in [5.41, 5.74) is 1.02. The average molecular weight is 282 g/mol. The van der Waals surface area contributed by atoms with E-state index in [2.05, 4.69) is 48.5 Å². The Morgan fingerprint density at radius 3 is 1.35 bits per heavy atom. The fraction of sp³-hybridized carbons (Fsp3) is 0.950. The van der Waals surface area contributed by atoms with E-state index < -0.39 is 0 Å². The molecule has 0 aromatic heterocycles. The van der Waals surface area contributed by atoms with Gasteiger partial charge in [0.1, 0.15) is 0 Å². The van der Waals surface area contributed by atoms with E-state index in [4.69, 9.17) is 0 Å². The van der Waals surface area contributed by atoms with Gasteiger partial charge in [-0.1, -0.05) is 99.8 Å². The summed E-state index contributed by atoms with van der Waals surface area (Å²) in [4.78, 5) is 0. The van der Waals surface area contributed by atoms with E-state index >= 15 is 0 Å². The van der Waals surface area contributed by atoms with E-state index in [-0.39, 0.29) is 0 Å². The lowest BCUT2D eigenvalue weighted by Crippen LogP contribution is -2.07. The lowest BCUT2D eigenvalue weighted by molar-refractivity contribution is 0.320. The van der Waals surface area contributed by atoms with Crippen LogP contribution in [-0.2, 0) is 0 Å². The van der Waals surface area contributed by atoms with Gasteiger partial charge in [-0.05, 0) is 29.6 Å². The summed E-state index contributed by atoms with van der Waals surface area (Å²) >= 11 is 0. The molecular weight excluding hydrogens is 240 g/mol. The van der Waals surface area contributed by atoms with Gasteiger partial charge in [0.25, 0.3) is 0 Å². The molecule has 0 spiro atoms. The standard InChI is InChI=1S/C20H41/c1-8-13-18(14-9-11-16-19(2,3)4)15-10-12-17-20(5,6)7/h18H,1,8-17H2,2-7H3. The maximum atomic E-state index is 4.06. The molecule has 0 N–H and O–H groups in total. The molecule has 0 unspecified atom stereocenters. The molecule has 0 bridgehead atoms. The van der Waals surface area contributed by atoms with E-state index in [1.807, 2.05) is 0 Å². The van der Waals surface area contributed by atoms with E-state index in [9.17, 15) is 0 Å². The molecule has 0 aliphatic carbocycles. The van der Waals surface area contributed by atoms with Gasteiger partial charge in [-0.3, -0.25) is 0 Å². The second-order valence-corrected chi connectivity index (χ2v) is 9.12. The average Bonchev–Trinajstić information content (AvgIpc) is 2.27. The summed E-state index contributed by atoms with van der Waals surface area (Å²) < 4.78 is 0. The van der Waals surface area contributed by atoms with Crippen molar-refractivity contribution < 1.29 is 0 Å². The Morgan fingerprint density at radius 2 is 1.05 bits per heavy atom. The van der Waals surface area contributed by atoms with Gasteiger partial charge < -0.3 is 0 Å². The summed E-state index contributed by atoms with van der Waals surface area (Å²) in [5.74, 6) is 0.937. The minimum absolute atomic E-state index is 0.508. The van der Waals surface area contributed by atoms with Crippen LogP contribution in [0.25, 0.3) is 0 Å². The predicted octanol–water partition coefficient (Wildman–Crippen LogP) is 7.43. The maximum absolute atomic E-state index is 4.06. The number of hydrogen-bond donors (Lipinski definition) is 0. The van der Waals surface area contributed by atoms with E-state index in [0.29, 0.717) is 10.8 Å². The number of rotatable bonds is 10. The normalized spacial score (nSPS) is 13.2. The van der Waals surface area contributed by atoms with Crippen LogP contribution in [0.5, 0.6) is 0 Å². The van der Waals surface area contributed by atoms with Crippen LogP contribution in [-0.4, -0.2) is 0 Å². The monoisotopic (exact) mass is 281 g/mol. The first-order valence-electron chi connectivity index (χ1n) is 8.93. The molecule has 0 atom stereocenters. The minimum Gasteiger partial charge on any atom is -0.0602 e. The first-order chi connectivity index (χ1) is 9.14. The van der Waals surface area contributed by atoms with Crippen LogP contribution in [0, 0.1) is 23.7 Å². The number of unbranched alkanes of at least 4 members (excludes halogenated alkanes) is 2. The van der Waals surface area contributed by atoms with Crippen molar-refractivity contribution >= 4 is 0 Å². The Morgan fingerprint density at radius 1 is 0.650 bits per heavy atom. The van der Waals surface area contributed by atoms with Crippen molar-refractivity contribution in [2.75, 3.05) is 0 Å². The zero-order chi connectivity index (χ0) is 15.6. The molecule has 0 saturated heterocycles. The predicted molar refractivity (Wildman–Crippen MR) is 93.9 cm³/mol. The van der Waals surface area contributed by atoms with Crippen molar-refractivity contribution in [3.8, 4) is 0 Å². The highest BCUT2D eigenvalue weighted by Gasteiger charge is 2.13. The molecule has 121 valence electrons. The first kappa shape index (κ1) is 20.0. The summed E-state index contributed by atoms with van der Waals surface area (Å²) in [5, 5.41) is 0. The molecule has 0 aromatic carbocycles. The van der Waals surface area contributed by atoms with Gasteiger partial charge >= 0.3 is 0 Å². The molecule has 0 heteroatoms. The second kappa shape index (κ2) is 9.85. The molecule has 0 aliphatic heterocycles. The molecular formula is C20H41. The van der Waals surface area contributed by atoms with Crippen LogP contribution in [0.3, 0.4) is 0 Å². The largest absolute Gasteiger partial charge is 0.0602 e. The molecule has 0 aromatic rings. The van der Waals surface area contributed by atoms with Gasteiger partial charge in [0.15, 0.2) is 0 Å². The highest BCUT2D eigenvalue weighted by Crippen LogP contribution is 2.28. The molecule has 20 heavy (non-hydrogen) atoms. The molecule has 0 nitrogen and oxygen atoms in total. The van der Waals surface area contributed by atoms with E-state index in [1.54, 1.807) is 0 Å². The fourth-order valence-corrected chi connectivity index (χ4v) is 2.90. The Balaban J connectivity index is 3.76. The third kappa shape index (κ3) is 14.4. The molecule has 0 heterocycles. The quantitative estimate of drug-likeness (QED) is 0.365. The van der Waals surface area contributed by atoms with Gasteiger partial charge in [-0.25, -0.2) is 0 Å². The van der Waals surface area contributed by atoms with Crippen molar-refractivity contribution in [2.24, 2.45) is 16.7 Å². The van der Waals surface area contributed by atoms with E-state index in [1.165, 1.54) is 57.8 Å². The molecule has 0 saturated carbocycles. The van der Waals surface area contributed by atoms with Crippen molar-refractivity contribution in [2.45, 2.75) is 106 Å². The Kier molecular flexibility index (Phi) is 9.85. The smallest absolute Gasteiger partial charge is 0.0383 e. The van der Waals surface area contributed by atoms with Gasteiger partial charge in [0, 0.05) is 0 Å². The Labute approximate surface area is 130 Å². The minimum atomic E-state index is 0.508. The molecule has 1 radical (unpaired) electrons. The third-order valence-corrected chi connectivity index (χ3v) is 4.19. The van der Waals surface area contributed by atoms with Gasteiger partial charge in [0.2, 0.25) is 0 Å². The van der Waals surface area contributed by atoms with Crippen LogP contribution in [0.15, 0.2) is 0 Å². The molecule has 0 rings (SSSR count). The van der Waals surface area contributed by atoms with Gasteiger partial charge in [-0.15, -0.1) is 0 Å². The highest BCUT2D eigenvalue weighted by molar-refractivity contribution is 4.66. The van der Waals surface area contributed by atoms with Crippen molar-refractivity contribution in [1.82, 2.24) is 0 Å². The molecule has 0 aliphatic rings. The van der Waals surface area contributed by atoms with Gasteiger partial charge in [0.05, 0.1) is 0 Å². The first-order valence-corrected chi connectivity index (χ1v) is 8.93. The van der Waals surface area contributed by atoms with E-state index in [0.717, 1.165) is 12.3 Å². The van der Waals surface area contributed by atoms with Gasteiger partial charge in [-0.2, -0.15) is 0 Å².